The summed E-state index contributed by atoms with van der Waals surface area (Å²) in [5, 5.41) is 30.8. The predicted molar refractivity (Wildman–Crippen MR) is 150 cm³/mol. The summed E-state index contributed by atoms with van der Waals surface area (Å²) in [7, 11) is 2.83. The lowest BCUT2D eigenvalue weighted by Crippen LogP contribution is -2.40. The van der Waals surface area contributed by atoms with Crippen LogP contribution in [0, 0.1) is 17.8 Å². The Hall–Kier alpha value is -5.19. The van der Waals surface area contributed by atoms with Crippen LogP contribution in [0.3, 0.4) is 0 Å². The van der Waals surface area contributed by atoms with E-state index >= 15 is 0 Å². The van der Waals surface area contributed by atoms with Gasteiger partial charge in [0.05, 0.1) is 31.7 Å². The van der Waals surface area contributed by atoms with E-state index in [1.165, 1.54) is 32.4 Å². The molecule has 0 spiro atoms. The molecule has 43 heavy (non-hydrogen) atoms. The number of ketones is 2. The summed E-state index contributed by atoms with van der Waals surface area (Å²) in [4.78, 5) is 67.0. The second-order valence-electron chi connectivity index (χ2n) is 11.0. The minimum Gasteiger partial charge on any atom is -0.507 e. The van der Waals surface area contributed by atoms with E-state index in [1.54, 1.807) is 19.1 Å². The lowest BCUT2D eigenvalue weighted by atomic mass is 9.59. The van der Waals surface area contributed by atoms with Crippen LogP contribution in [0.4, 0.5) is 5.69 Å². The molecule has 3 N–H and O–H groups in total. The van der Waals surface area contributed by atoms with Gasteiger partial charge < -0.3 is 24.8 Å². The molecule has 2 aromatic carbocycles. The van der Waals surface area contributed by atoms with Crippen LogP contribution < -0.4 is 14.4 Å². The number of phenols is 2. The number of carboxylic acid groups (broad SMARTS) is 1. The number of ether oxygens (including phenoxy) is 2. The maximum atomic E-state index is 14.0. The number of Topliss-reactive ketones (excluding diaryl/α,β-unsaturated/α-hetero) is 1. The van der Waals surface area contributed by atoms with Crippen molar-refractivity contribution in [2.45, 2.75) is 25.7 Å². The molecule has 11 nitrogen and oxygen atoms in total. The number of rotatable bonds is 5. The minimum atomic E-state index is -1.36. The summed E-state index contributed by atoms with van der Waals surface area (Å²) < 4.78 is 10.9. The summed E-state index contributed by atoms with van der Waals surface area (Å²) >= 11 is 0. The van der Waals surface area contributed by atoms with Gasteiger partial charge >= 0.3 is 5.97 Å². The van der Waals surface area contributed by atoms with Crippen LogP contribution >= 0.6 is 0 Å². The zero-order chi connectivity index (χ0) is 30.9. The fraction of sp³-hybridized carbons (Fsp3) is 0.281. The number of aromatic hydroxyl groups is 2. The van der Waals surface area contributed by atoms with Gasteiger partial charge in [0.15, 0.2) is 11.6 Å². The highest BCUT2D eigenvalue weighted by Gasteiger charge is 2.57. The largest absolute Gasteiger partial charge is 0.507 e. The lowest BCUT2D eigenvalue weighted by Gasteiger charge is -2.42. The van der Waals surface area contributed by atoms with Crippen LogP contribution in [0.25, 0.3) is 0 Å². The first-order chi connectivity index (χ1) is 20.5. The molecule has 1 fully saturated rings. The lowest BCUT2D eigenvalue weighted by molar-refractivity contribution is -0.123. The molecule has 1 saturated heterocycles. The van der Waals surface area contributed by atoms with Crippen molar-refractivity contribution in [3.05, 3.63) is 75.9 Å². The Morgan fingerprint density at radius 1 is 0.953 bits per heavy atom. The zero-order valence-electron chi connectivity index (χ0n) is 23.4. The Morgan fingerprint density at radius 2 is 1.70 bits per heavy atom. The number of imide groups is 1. The second-order valence-corrected chi connectivity index (χ2v) is 11.0. The number of phenolic OH excluding ortho intramolecular Hbond substituents is 1. The Balaban J connectivity index is 1.50. The molecule has 4 atom stereocenters. The fourth-order valence-corrected chi connectivity index (χ4v) is 6.95. The first kappa shape index (κ1) is 28.0. The number of fused-ring (bicyclic) bond motifs is 3. The number of hydrogen-bond acceptors (Lipinski definition) is 9. The van der Waals surface area contributed by atoms with Gasteiger partial charge in [-0.15, -0.1) is 0 Å². The first-order valence-corrected chi connectivity index (χ1v) is 13.6. The molecular formula is C32H27NO10. The van der Waals surface area contributed by atoms with Gasteiger partial charge in [0.2, 0.25) is 11.8 Å². The Labute approximate surface area is 245 Å². The van der Waals surface area contributed by atoms with E-state index in [2.05, 4.69) is 0 Å². The molecule has 3 aliphatic carbocycles. The second kappa shape index (κ2) is 9.97. The van der Waals surface area contributed by atoms with Crippen LogP contribution in [0.2, 0.25) is 0 Å². The molecule has 0 aromatic heterocycles. The van der Waals surface area contributed by atoms with Crippen LogP contribution in [0.15, 0.2) is 64.8 Å². The van der Waals surface area contributed by atoms with Crippen LogP contribution in [-0.2, 0) is 19.2 Å². The molecule has 11 heteroatoms. The number of amides is 2. The third-order valence-corrected chi connectivity index (χ3v) is 8.87. The monoisotopic (exact) mass is 585 g/mol. The van der Waals surface area contributed by atoms with Crippen LogP contribution in [0.5, 0.6) is 23.0 Å². The van der Waals surface area contributed by atoms with E-state index in [0.29, 0.717) is 11.3 Å². The fourth-order valence-electron chi connectivity index (χ4n) is 6.95. The summed E-state index contributed by atoms with van der Waals surface area (Å²) in [6, 6.07) is 6.40. The topological polar surface area (TPSA) is 168 Å². The van der Waals surface area contributed by atoms with E-state index in [1.807, 2.05) is 0 Å². The molecule has 0 saturated carbocycles. The average Bonchev–Trinajstić information content (AvgIpc) is 3.23. The molecule has 2 amide bonds. The van der Waals surface area contributed by atoms with Crippen molar-refractivity contribution >= 4 is 35.0 Å². The van der Waals surface area contributed by atoms with Crippen molar-refractivity contribution in [3.8, 4) is 23.0 Å². The summed E-state index contributed by atoms with van der Waals surface area (Å²) in [5.74, 6) is -6.80. The predicted octanol–water partition coefficient (Wildman–Crippen LogP) is 3.45. The van der Waals surface area contributed by atoms with Crippen molar-refractivity contribution in [2.24, 2.45) is 17.8 Å². The Kier molecular flexibility index (Phi) is 6.48. The van der Waals surface area contributed by atoms with Crippen molar-refractivity contribution < 1.29 is 48.8 Å². The van der Waals surface area contributed by atoms with Crippen molar-refractivity contribution in [1.29, 1.82) is 0 Å². The number of hydrogen-bond donors (Lipinski definition) is 3. The smallest absolute Gasteiger partial charge is 0.339 e. The van der Waals surface area contributed by atoms with Crippen LogP contribution in [-0.4, -0.2) is 58.9 Å². The van der Waals surface area contributed by atoms with Crippen molar-refractivity contribution in [1.82, 2.24) is 0 Å². The number of carbonyl (C=O) groups excluding carboxylic acids is 4. The number of anilines is 1. The quantitative estimate of drug-likeness (QED) is 0.269. The summed E-state index contributed by atoms with van der Waals surface area (Å²) in [5.41, 5.74) is 1.16. The number of aromatic carboxylic acids is 1. The zero-order valence-corrected chi connectivity index (χ0v) is 23.4. The molecule has 220 valence electrons. The van der Waals surface area contributed by atoms with Crippen molar-refractivity contribution in [3.63, 3.8) is 0 Å². The van der Waals surface area contributed by atoms with Gasteiger partial charge in [0.25, 0.3) is 0 Å². The standard InChI is InChI=1S/C32H27NO10/c1-13-8-21(34)20-12-19-16(26(27(20)29(13)37)28-23(36)10-15(42-2)11-24(28)43-3)6-7-18-25(19)31(39)33(30(18)38)14-4-5-17(32(40)41)22(35)9-14/h4-6,8-11,18-19,25-26,35-36H,7,12H2,1-3H3,(H,40,41)/t18-,19+,25-,26-/m0/s1. The average molecular weight is 586 g/mol. The number of benzene rings is 2. The van der Waals surface area contributed by atoms with Gasteiger partial charge in [0.1, 0.15) is 28.6 Å². The number of carboxylic acids is 1. The van der Waals surface area contributed by atoms with Gasteiger partial charge in [-0.3, -0.25) is 19.2 Å². The number of carbonyl (C=O) groups is 5. The number of methoxy groups -OCH3 is 2. The highest BCUT2D eigenvalue weighted by Crippen LogP contribution is 2.58. The van der Waals surface area contributed by atoms with E-state index in [9.17, 15) is 39.3 Å². The van der Waals surface area contributed by atoms with Crippen LogP contribution in [0.1, 0.15) is 41.6 Å². The highest BCUT2D eigenvalue weighted by molar-refractivity contribution is 6.25. The normalized spacial score (nSPS) is 24.7. The molecule has 1 aliphatic heterocycles. The molecule has 0 radical (unpaired) electrons. The minimum absolute atomic E-state index is 0.0256. The Bertz CT molecular complexity index is 1760. The maximum Gasteiger partial charge on any atom is 0.339 e. The number of nitrogens with zero attached hydrogens (tertiary/aromatic N) is 1. The summed E-state index contributed by atoms with van der Waals surface area (Å²) in [6.07, 6.45) is 3.24. The molecule has 6 rings (SSSR count). The van der Waals surface area contributed by atoms with Gasteiger partial charge in [0, 0.05) is 46.4 Å². The van der Waals surface area contributed by atoms with Gasteiger partial charge in [-0.1, -0.05) is 11.6 Å². The van der Waals surface area contributed by atoms with Crippen molar-refractivity contribution in [2.75, 3.05) is 19.1 Å². The highest BCUT2D eigenvalue weighted by atomic mass is 16.5. The molecule has 0 unspecified atom stereocenters. The molecule has 2 aromatic rings. The van der Waals surface area contributed by atoms with Gasteiger partial charge in [-0.25, -0.2) is 9.69 Å². The number of allylic oxidation sites excluding steroid dienone is 6. The third-order valence-electron chi connectivity index (χ3n) is 8.87. The molecule has 1 heterocycles. The van der Waals surface area contributed by atoms with Gasteiger partial charge in [-0.2, -0.15) is 0 Å². The summed E-state index contributed by atoms with van der Waals surface area (Å²) in [6.45, 7) is 1.55. The molecular weight excluding hydrogens is 558 g/mol. The van der Waals surface area contributed by atoms with E-state index in [-0.39, 0.29) is 69.4 Å². The van der Waals surface area contributed by atoms with E-state index < -0.39 is 47.2 Å². The third kappa shape index (κ3) is 4.06. The molecule has 4 aliphatic rings. The maximum absolute atomic E-state index is 14.0. The first-order valence-electron chi connectivity index (χ1n) is 13.6. The SMILES string of the molecule is COc1cc(O)c([C@H]2C3=CC[C@@H]4C(=O)N(c5ccc(C(=O)O)c(O)c5)C(=O)[C@@H]4[C@@H]3CC3=C2C(=O)C(C)=CC3=O)c(OC)c1. The molecule has 0 bridgehead atoms. The van der Waals surface area contributed by atoms with E-state index in [4.69, 9.17) is 9.47 Å². The Morgan fingerprint density at radius 3 is 2.35 bits per heavy atom. The van der Waals surface area contributed by atoms with E-state index in [0.717, 1.165) is 17.0 Å². The van der Waals surface area contributed by atoms with Gasteiger partial charge in [-0.05, 0) is 43.9 Å².